The third-order valence-electron chi connectivity index (χ3n) is 0.433. The summed E-state index contributed by atoms with van der Waals surface area (Å²) >= 11 is 4.40. The molecule has 46 valence electrons. The fraction of sp³-hybridized carbons (Fsp3) is 0.250. The average Bonchev–Trinajstić information content (AvgIpc) is 1.66. The maximum Gasteiger partial charge on any atom is 0.167 e. The quantitative estimate of drug-likeness (QED) is 0.533. The van der Waals surface area contributed by atoms with Crippen molar-refractivity contribution in [3.63, 3.8) is 0 Å². The molecule has 0 fully saturated rings. The van der Waals surface area contributed by atoms with E-state index in [0.29, 0.717) is 0 Å². The normalized spacial score (nSPS) is 9.62. The van der Waals surface area contributed by atoms with Crippen molar-refractivity contribution >= 4 is 17.3 Å². The van der Waals surface area contributed by atoms with Crippen LogP contribution in [0.3, 0.4) is 0 Å². The molecule has 0 aromatic rings. The van der Waals surface area contributed by atoms with Crippen LogP contribution >= 0.6 is 12.2 Å². The van der Waals surface area contributed by atoms with Crippen LogP contribution in [-0.4, -0.2) is 11.8 Å². The molecular formula is C4H7FN2S. The number of alkyl halides is 1. The monoisotopic (exact) mass is 134 g/mol. The molecule has 8 heavy (non-hydrogen) atoms. The maximum absolute atomic E-state index is 11.2. The van der Waals surface area contributed by atoms with Gasteiger partial charge in [0.2, 0.25) is 0 Å². The summed E-state index contributed by atoms with van der Waals surface area (Å²) in [5.74, 6) is 0. The smallest absolute Gasteiger partial charge is 0.167 e. The van der Waals surface area contributed by atoms with E-state index < -0.39 is 6.67 Å². The van der Waals surface area contributed by atoms with Gasteiger partial charge in [0.1, 0.15) is 6.67 Å². The summed E-state index contributed by atoms with van der Waals surface area (Å²) in [7, 11) is 0. The van der Waals surface area contributed by atoms with Gasteiger partial charge < -0.3 is 11.1 Å². The molecule has 0 aliphatic carbocycles. The van der Waals surface area contributed by atoms with Crippen molar-refractivity contribution in [3.05, 3.63) is 12.3 Å². The van der Waals surface area contributed by atoms with Crippen molar-refractivity contribution in [1.29, 1.82) is 0 Å². The summed E-state index contributed by atoms with van der Waals surface area (Å²) < 4.78 is 11.2. The number of hydrogen-bond donors (Lipinski definition) is 2. The topological polar surface area (TPSA) is 38.0 Å². The van der Waals surface area contributed by atoms with Gasteiger partial charge in [-0.15, -0.1) is 0 Å². The first kappa shape index (κ1) is 7.36. The van der Waals surface area contributed by atoms with E-state index in [0.717, 1.165) is 0 Å². The molecule has 0 unspecified atom stereocenters. The van der Waals surface area contributed by atoms with Gasteiger partial charge in [-0.25, -0.2) is 4.39 Å². The Hall–Kier alpha value is -0.640. The molecular weight excluding hydrogens is 127 g/mol. The minimum atomic E-state index is -0.504. The lowest BCUT2D eigenvalue weighted by Gasteiger charge is -1.90. The van der Waals surface area contributed by atoms with Crippen LogP contribution in [0.4, 0.5) is 4.39 Å². The summed E-state index contributed by atoms with van der Waals surface area (Å²) in [6, 6.07) is 0. The van der Waals surface area contributed by atoms with E-state index >= 15 is 0 Å². The number of allylic oxidation sites excluding steroid dienone is 1. The van der Waals surface area contributed by atoms with Gasteiger partial charge in [-0.05, 0) is 18.3 Å². The summed E-state index contributed by atoms with van der Waals surface area (Å²) in [4.78, 5) is 0. The van der Waals surface area contributed by atoms with Crippen LogP contribution in [0.2, 0.25) is 0 Å². The number of nitrogens with one attached hydrogen (secondary N) is 1. The van der Waals surface area contributed by atoms with E-state index in [1.54, 1.807) is 0 Å². The Bertz CT molecular complexity index is 102. The van der Waals surface area contributed by atoms with E-state index in [2.05, 4.69) is 17.5 Å². The number of hydrogen-bond acceptors (Lipinski definition) is 1. The van der Waals surface area contributed by atoms with E-state index in [9.17, 15) is 4.39 Å². The van der Waals surface area contributed by atoms with Crippen molar-refractivity contribution in [2.24, 2.45) is 5.73 Å². The number of thiocarbonyl (C=S) groups is 1. The first-order chi connectivity index (χ1) is 3.77. The molecule has 0 aromatic carbocycles. The molecule has 0 saturated carbocycles. The first-order valence-electron chi connectivity index (χ1n) is 2.04. The van der Waals surface area contributed by atoms with E-state index in [1.165, 1.54) is 12.3 Å². The summed E-state index contributed by atoms with van der Waals surface area (Å²) in [5, 5.41) is 2.58. The van der Waals surface area contributed by atoms with Gasteiger partial charge in [0, 0.05) is 6.20 Å². The van der Waals surface area contributed by atoms with Crippen LogP contribution in [0.15, 0.2) is 12.3 Å². The maximum atomic E-state index is 11.2. The SMILES string of the molecule is NC(=S)N/C=C\CF. The Kier molecular flexibility index (Phi) is 4.16. The third-order valence-corrected chi connectivity index (χ3v) is 0.550. The highest BCUT2D eigenvalue weighted by Gasteiger charge is 1.74. The number of nitrogens with two attached hydrogens (primary N) is 1. The van der Waals surface area contributed by atoms with Crippen LogP contribution in [0.5, 0.6) is 0 Å². The van der Waals surface area contributed by atoms with Crippen LogP contribution in [0.1, 0.15) is 0 Å². The van der Waals surface area contributed by atoms with Crippen molar-refractivity contribution in [2.75, 3.05) is 6.67 Å². The van der Waals surface area contributed by atoms with Gasteiger partial charge in [-0.3, -0.25) is 0 Å². The van der Waals surface area contributed by atoms with Gasteiger partial charge in [0.05, 0.1) is 0 Å². The van der Waals surface area contributed by atoms with Gasteiger partial charge >= 0.3 is 0 Å². The predicted molar refractivity (Wildman–Crippen MR) is 35.0 cm³/mol. The van der Waals surface area contributed by atoms with Gasteiger partial charge in [0.15, 0.2) is 5.11 Å². The molecule has 3 N–H and O–H groups in total. The lowest BCUT2D eigenvalue weighted by Crippen LogP contribution is -2.23. The Morgan fingerprint density at radius 3 is 2.88 bits per heavy atom. The van der Waals surface area contributed by atoms with Crippen molar-refractivity contribution in [3.8, 4) is 0 Å². The van der Waals surface area contributed by atoms with Gasteiger partial charge in [-0.1, -0.05) is 0 Å². The Balaban J connectivity index is 3.16. The van der Waals surface area contributed by atoms with Crippen LogP contribution < -0.4 is 11.1 Å². The van der Waals surface area contributed by atoms with E-state index in [1.807, 2.05) is 0 Å². The van der Waals surface area contributed by atoms with Crippen LogP contribution in [0.25, 0.3) is 0 Å². The number of rotatable bonds is 2. The van der Waals surface area contributed by atoms with Crippen LogP contribution in [0, 0.1) is 0 Å². The zero-order valence-electron chi connectivity index (χ0n) is 4.23. The lowest BCUT2D eigenvalue weighted by molar-refractivity contribution is 0.561. The largest absolute Gasteiger partial charge is 0.376 e. The molecule has 0 aromatic heterocycles. The molecule has 0 amide bonds. The van der Waals surface area contributed by atoms with Crippen LogP contribution in [-0.2, 0) is 0 Å². The molecule has 4 heteroatoms. The highest BCUT2D eigenvalue weighted by atomic mass is 32.1. The second-order valence-electron chi connectivity index (χ2n) is 1.07. The predicted octanol–water partition coefficient (Wildman–Crippen LogP) is 0.303. The van der Waals surface area contributed by atoms with Crippen molar-refractivity contribution < 1.29 is 4.39 Å². The minimum Gasteiger partial charge on any atom is -0.376 e. The highest BCUT2D eigenvalue weighted by molar-refractivity contribution is 7.80. The Morgan fingerprint density at radius 2 is 2.50 bits per heavy atom. The van der Waals surface area contributed by atoms with Gasteiger partial charge in [0.25, 0.3) is 0 Å². The highest BCUT2D eigenvalue weighted by Crippen LogP contribution is 1.68. The first-order valence-corrected chi connectivity index (χ1v) is 2.45. The molecule has 0 aliphatic rings. The Morgan fingerprint density at radius 1 is 1.88 bits per heavy atom. The Labute approximate surface area is 52.6 Å². The molecule has 0 radical (unpaired) electrons. The number of halogens is 1. The van der Waals surface area contributed by atoms with Crippen molar-refractivity contribution in [2.45, 2.75) is 0 Å². The van der Waals surface area contributed by atoms with Gasteiger partial charge in [-0.2, -0.15) is 0 Å². The fourth-order valence-corrected chi connectivity index (χ4v) is 0.254. The average molecular weight is 134 g/mol. The van der Waals surface area contributed by atoms with Crippen molar-refractivity contribution in [1.82, 2.24) is 5.32 Å². The second-order valence-corrected chi connectivity index (χ2v) is 1.51. The second kappa shape index (κ2) is 4.52. The fourth-order valence-electron chi connectivity index (χ4n) is 0.186. The molecule has 0 saturated heterocycles. The standard InChI is InChI=1S/C4H7FN2S/c5-2-1-3-7-4(6)8/h1,3H,2H2,(H3,6,7,8)/b3-1-. The third kappa shape index (κ3) is 5.36. The van der Waals surface area contributed by atoms with E-state index in [4.69, 9.17) is 5.73 Å². The molecule has 0 bridgehead atoms. The molecule has 0 atom stereocenters. The zero-order valence-corrected chi connectivity index (χ0v) is 5.04. The molecule has 0 heterocycles. The zero-order chi connectivity index (χ0) is 6.41. The summed E-state index contributed by atoms with van der Waals surface area (Å²) in [6.45, 7) is -0.504. The molecule has 2 nitrogen and oxygen atoms in total. The molecule has 0 aliphatic heterocycles. The van der Waals surface area contributed by atoms with E-state index in [-0.39, 0.29) is 5.11 Å². The summed E-state index contributed by atoms with van der Waals surface area (Å²) in [5.41, 5.74) is 4.98. The molecule has 0 rings (SSSR count). The minimum absolute atomic E-state index is 0.148. The molecule has 0 spiro atoms. The lowest BCUT2D eigenvalue weighted by atomic mass is 10.7. The summed E-state index contributed by atoms with van der Waals surface area (Å²) in [6.07, 6.45) is 2.64.